The number of nitrogens with zero attached hydrogens (tertiary/aromatic N) is 5. The van der Waals surface area contributed by atoms with Gasteiger partial charge in [-0.3, -0.25) is 0 Å². The van der Waals surface area contributed by atoms with Crippen molar-refractivity contribution in [1.82, 2.24) is 24.8 Å². The Balaban J connectivity index is 1.42. The number of hydrogen-bond acceptors (Lipinski definition) is 6. The first-order chi connectivity index (χ1) is 16.9. The first-order valence-corrected chi connectivity index (χ1v) is 11.7. The maximum absolute atomic E-state index is 13.5. The van der Waals surface area contributed by atoms with E-state index in [4.69, 9.17) is 16.1 Å². The summed E-state index contributed by atoms with van der Waals surface area (Å²) in [6.07, 6.45) is -0.316. The van der Waals surface area contributed by atoms with Gasteiger partial charge in [0.25, 0.3) is 0 Å². The lowest BCUT2D eigenvalue weighted by Crippen LogP contribution is -2.36. The Morgan fingerprint density at radius 3 is 2.63 bits per heavy atom. The standard InChI is InChI=1S/C25H25ClN6O3/c1-15-22(23(30-35-15)18-6-4-3-5-7-18)27-25(34)32-14-20(33)12-21(32)24-29-28-16(2)31(24)13-17-8-10-19(26)11-9-17/h3-11,20-21,33H,12-14H2,1-2H3,(H,27,34)/t20-,21-/m1/s1. The van der Waals surface area contributed by atoms with Gasteiger partial charge in [-0.15, -0.1) is 10.2 Å². The molecule has 2 aromatic carbocycles. The lowest BCUT2D eigenvalue weighted by molar-refractivity contribution is 0.175. The molecule has 3 heterocycles. The average molecular weight is 493 g/mol. The van der Waals surface area contributed by atoms with Gasteiger partial charge in [0.1, 0.15) is 17.2 Å². The molecule has 1 aliphatic heterocycles. The number of β-amino-alcohol motifs (C(OH)–C–C–N with tert-alkyl or cyclic N) is 1. The molecule has 0 bridgehead atoms. The van der Waals surface area contributed by atoms with Crippen LogP contribution in [0.5, 0.6) is 0 Å². The Kier molecular flexibility index (Phi) is 6.27. The third kappa shape index (κ3) is 4.65. The van der Waals surface area contributed by atoms with Crippen molar-refractivity contribution in [2.45, 2.75) is 39.0 Å². The van der Waals surface area contributed by atoms with Gasteiger partial charge in [-0.25, -0.2) is 4.79 Å². The minimum Gasteiger partial charge on any atom is -0.391 e. The number of rotatable bonds is 5. The maximum Gasteiger partial charge on any atom is 0.322 e. The predicted molar refractivity (Wildman–Crippen MR) is 131 cm³/mol. The number of urea groups is 1. The molecule has 0 unspecified atom stereocenters. The zero-order valence-electron chi connectivity index (χ0n) is 19.3. The van der Waals surface area contributed by atoms with E-state index in [-0.39, 0.29) is 12.6 Å². The molecule has 5 rings (SSSR count). The van der Waals surface area contributed by atoms with E-state index in [0.717, 1.165) is 17.0 Å². The minimum atomic E-state index is -0.677. The van der Waals surface area contributed by atoms with Crippen LogP contribution < -0.4 is 5.32 Å². The predicted octanol–water partition coefficient (Wildman–Crippen LogP) is 4.59. The number of carbonyl (C=O) groups is 1. The van der Waals surface area contributed by atoms with E-state index in [1.165, 1.54) is 0 Å². The van der Waals surface area contributed by atoms with Crippen LogP contribution >= 0.6 is 11.6 Å². The number of benzene rings is 2. The molecule has 35 heavy (non-hydrogen) atoms. The highest BCUT2D eigenvalue weighted by molar-refractivity contribution is 6.30. The highest BCUT2D eigenvalue weighted by atomic mass is 35.5. The monoisotopic (exact) mass is 492 g/mol. The zero-order chi connectivity index (χ0) is 24.5. The number of aliphatic hydroxyl groups excluding tert-OH is 1. The lowest BCUT2D eigenvalue weighted by atomic mass is 10.1. The van der Waals surface area contributed by atoms with E-state index in [2.05, 4.69) is 20.7 Å². The van der Waals surface area contributed by atoms with Crippen molar-refractivity contribution in [3.8, 4) is 11.3 Å². The van der Waals surface area contributed by atoms with Gasteiger partial charge in [0.15, 0.2) is 11.6 Å². The summed E-state index contributed by atoms with van der Waals surface area (Å²) >= 11 is 6.03. The molecule has 0 aliphatic carbocycles. The number of anilines is 1. The summed E-state index contributed by atoms with van der Waals surface area (Å²) in [5.41, 5.74) is 2.91. The van der Waals surface area contributed by atoms with Gasteiger partial charge in [-0.2, -0.15) is 0 Å². The van der Waals surface area contributed by atoms with E-state index in [0.29, 0.717) is 41.0 Å². The van der Waals surface area contributed by atoms with Crippen molar-refractivity contribution < 1.29 is 14.4 Å². The number of aryl methyl sites for hydroxylation is 2. The third-order valence-electron chi connectivity index (χ3n) is 6.20. The van der Waals surface area contributed by atoms with Crippen molar-refractivity contribution in [3.63, 3.8) is 0 Å². The van der Waals surface area contributed by atoms with Gasteiger partial charge in [0.05, 0.1) is 18.7 Å². The van der Waals surface area contributed by atoms with Crippen molar-refractivity contribution in [1.29, 1.82) is 0 Å². The molecule has 180 valence electrons. The summed E-state index contributed by atoms with van der Waals surface area (Å²) in [7, 11) is 0. The van der Waals surface area contributed by atoms with Crippen LogP contribution in [0.4, 0.5) is 10.5 Å². The fraction of sp³-hybridized carbons (Fsp3) is 0.280. The van der Waals surface area contributed by atoms with E-state index in [1.807, 2.05) is 66.1 Å². The second kappa shape index (κ2) is 9.52. The van der Waals surface area contributed by atoms with Crippen LogP contribution in [0.15, 0.2) is 59.1 Å². The van der Waals surface area contributed by atoms with Crippen LogP contribution in [0.25, 0.3) is 11.3 Å². The summed E-state index contributed by atoms with van der Waals surface area (Å²) in [5, 5.41) is 26.9. The van der Waals surface area contributed by atoms with E-state index in [9.17, 15) is 9.90 Å². The SMILES string of the molecule is Cc1onc(-c2ccccc2)c1NC(=O)N1C[C@H](O)C[C@@H]1c1nnc(C)n1Cc1ccc(Cl)cc1. The van der Waals surface area contributed by atoms with E-state index in [1.54, 1.807) is 11.8 Å². The zero-order valence-corrected chi connectivity index (χ0v) is 20.1. The van der Waals surface area contributed by atoms with E-state index < -0.39 is 12.1 Å². The van der Waals surface area contributed by atoms with Crippen LogP contribution in [0.1, 0.15) is 35.4 Å². The first kappa shape index (κ1) is 23.1. The Morgan fingerprint density at radius 1 is 1.14 bits per heavy atom. The second-order valence-corrected chi connectivity index (χ2v) is 9.07. The summed E-state index contributed by atoms with van der Waals surface area (Å²) in [4.78, 5) is 15.0. The average Bonchev–Trinajstić information content (AvgIpc) is 3.53. The number of likely N-dealkylation sites (tertiary alicyclic amines) is 1. The van der Waals surface area contributed by atoms with Gasteiger partial charge in [0.2, 0.25) is 0 Å². The number of hydrogen-bond donors (Lipinski definition) is 2. The topological polar surface area (TPSA) is 109 Å². The summed E-state index contributed by atoms with van der Waals surface area (Å²) in [6, 6.07) is 16.2. The Labute approximate surface area is 207 Å². The molecule has 9 nitrogen and oxygen atoms in total. The molecule has 10 heteroatoms. The Morgan fingerprint density at radius 2 is 1.89 bits per heavy atom. The van der Waals surface area contributed by atoms with Crippen LogP contribution in [-0.4, -0.2) is 48.6 Å². The number of aromatic nitrogens is 4. The van der Waals surface area contributed by atoms with Gasteiger partial charge in [-0.05, 0) is 31.5 Å². The normalized spacial score (nSPS) is 17.7. The molecule has 2 N–H and O–H groups in total. The maximum atomic E-state index is 13.5. The molecule has 2 amide bonds. The number of amides is 2. The van der Waals surface area contributed by atoms with Crippen LogP contribution in [-0.2, 0) is 6.54 Å². The summed E-state index contributed by atoms with van der Waals surface area (Å²) in [6.45, 7) is 4.32. The van der Waals surface area contributed by atoms with Crippen molar-refractivity contribution >= 4 is 23.3 Å². The molecule has 2 aromatic heterocycles. The second-order valence-electron chi connectivity index (χ2n) is 8.63. The molecular weight excluding hydrogens is 468 g/mol. The van der Waals surface area contributed by atoms with Crippen molar-refractivity contribution in [2.24, 2.45) is 0 Å². The van der Waals surface area contributed by atoms with E-state index >= 15 is 0 Å². The Hall–Kier alpha value is -3.69. The molecule has 1 fully saturated rings. The summed E-state index contributed by atoms with van der Waals surface area (Å²) < 4.78 is 7.34. The molecule has 1 saturated heterocycles. The van der Waals surface area contributed by atoms with Crippen molar-refractivity contribution in [2.75, 3.05) is 11.9 Å². The van der Waals surface area contributed by atoms with Gasteiger partial charge < -0.3 is 24.4 Å². The van der Waals surface area contributed by atoms with Crippen LogP contribution in [0.2, 0.25) is 5.02 Å². The lowest BCUT2D eigenvalue weighted by Gasteiger charge is -2.24. The largest absolute Gasteiger partial charge is 0.391 e. The fourth-order valence-corrected chi connectivity index (χ4v) is 4.51. The molecule has 1 aliphatic rings. The number of halogens is 1. The van der Waals surface area contributed by atoms with Gasteiger partial charge >= 0.3 is 6.03 Å². The molecule has 0 radical (unpaired) electrons. The van der Waals surface area contributed by atoms with Gasteiger partial charge in [0, 0.05) is 23.6 Å². The smallest absolute Gasteiger partial charge is 0.322 e. The first-order valence-electron chi connectivity index (χ1n) is 11.3. The summed E-state index contributed by atoms with van der Waals surface area (Å²) in [5.74, 6) is 1.84. The number of nitrogens with one attached hydrogen (secondary N) is 1. The highest BCUT2D eigenvalue weighted by Gasteiger charge is 2.39. The van der Waals surface area contributed by atoms with Crippen LogP contribution in [0, 0.1) is 13.8 Å². The number of aliphatic hydroxyl groups is 1. The number of carbonyl (C=O) groups excluding carboxylic acids is 1. The molecule has 4 aromatic rings. The van der Waals surface area contributed by atoms with Crippen molar-refractivity contribution in [3.05, 3.63) is 82.6 Å². The molecule has 0 spiro atoms. The molecule has 0 saturated carbocycles. The minimum absolute atomic E-state index is 0.175. The fourth-order valence-electron chi connectivity index (χ4n) is 4.39. The van der Waals surface area contributed by atoms with Gasteiger partial charge in [-0.1, -0.05) is 59.2 Å². The quantitative estimate of drug-likeness (QED) is 0.421. The van der Waals surface area contributed by atoms with Crippen LogP contribution in [0.3, 0.4) is 0 Å². The third-order valence-corrected chi connectivity index (χ3v) is 6.45. The Bertz CT molecular complexity index is 1340. The highest BCUT2D eigenvalue weighted by Crippen LogP contribution is 2.35. The molecular formula is C25H25ClN6O3. The molecule has 2 atom stereocenters.